The molecule has 1 aromatic rings. The van der Waals surface area contributed by atoms with Crippen LogP contribution in [0.5, 0.6) is 5.75 Å². The van der Waals surface area contributed by atoms with Gasteiger partial charge in [-0.3, -0.25) is 4.79 Å². The number of nitrogens with one attached hydrogen (secondary N) is 1. The van der Waals surface area contributed by atoms with Crippen LogP contribution in [0.1, 0.15) is 42.6 Å². The zero-order chi connectivity index (χ0) is 12.8. The first-order valence-corrected chi connectivity index (χ1v) is 6.04. The highest BCUT2D eigenvalue weighted by atomic mass is 16.5. The summed E-state index contributed by atoms with van der Waals surface area (Å²) < 4.78 is 5.17. The summed E-state index contributed by atoms with van der Waals surface area (Å²) in [5.41, 5.74) is 1.66. The van der Waals surface area contributed by atoms with Gasteiger partial charge in [-0.2, -0.15) is 0 Å². The highest BCUT2D eigenvalue weighted by Gasteiger charge is 2.10. The predicted octanol–water partition coefficient (Wildman–Crippen LogP) is 2.92. The zero-order valence-electron chi connectivity index (χ0n) is 11.0. The Balaban J connectivity index is 2.72. The van der Waals surface area contributed by atoms with Gasteiger partial charge in [0, 0.05) is 11.6 Å². The van der Waals surface area contributed by atoms with Crippen molar-refractivity contribution in [2.75, 3.05) is 7.11 Å². The van der Waals surface area contributed by atoms with Crippen molar-refractivity contribution in [2.24, 2.45) is 0 Å². The second-order valence-electron chi connectivity index (χ2n) is 4.35. The molecular formula is C14H21NO2. The fourth-order valence-corrected chi connectivity index (χ4v) is 1.83. The molecule has 0 heterocycles. The molecule has 0 aliphatic heterocycles. The van der Waals surface area contributed by atoms with Gasteiger partial charge in [0.15, 0.2) is 0 Å². The van der Waals surface area contributed by atoms with Crippen LogP contribution >= 0.6 is 0 Å². The van der Waals surface area contributed by atoms with Crippen LogP contribution in [0, 0.1) is 6.92 Å². The van der Waals surface area contributed by atoms with Crippen LogP contribution in [0.2, 0.25) is 0 Å². The summed E-state index contributed by atoms with van der Waals surface area (Å²) in [6.07, 6.45) is 2.07. The molecule has 0 saturated carbocycles. The minimum absolute atomic E-state index is 0.0169. The lowest BCUT2D eigenvalue weighted by molar-refractivity contribution is 0.0938. The molecule has 3 nitrogen and oxygen atoms in total. The summed E-state index contributed by atoms with van der Waals surface area (Å²) in [4.78, 5) is 11.9. The largest absolute Gasteiger partial charge is 0.496 e. The van der Waals surface area contributed by atoms with Crippen molar-refractivity contribution in [1.82, 2.24) is 5.32 Å². The van der Waals surface area contributed by atoms with Gasteiger partial charge >= 0.3 is 0 Å². The molecule has 0 aromatic heterocycles. The van der Waals surface area contributed by atoms with E-state index >= 15 is 0 Å². The average molecular weight is 235 g/mol. The van der Waals surface area contributed by atoms with Gasteiger partial charge in [0.1, 0.15) is 5.75 Å². The Kier molecular flexibility index (Phi) is 5.01. The van der Waals surface area contributed by atoms with Crippen LogP contribution in [-0.4, -0.2) is 19.1 Å². The Bertz CT molecular complexity index is 388. The highest BCUT2D eigenvalue weighted by molar-refractivity contribution is 5.94. The van der Waals surface area contributed by atoms with Crippen LogP contribution in [0.3, 0.4) is 0 Å². The van der Waals surface area contributed by atoms with Crippen LogP contribution in [0.25, 0.3) is 0 Å². The van der Waals surface area contributed by atoms with Crippen molar-refractivity contribution in [3.63, 3.8) is 0 Å². The summed E-state index contributed by atoms with van der Waals surface area (Å²) in [5, 5.41) is 2.98. The molecule has 17 heavy (non-hydrogen) atoms. The third-order valence-electron chi connectivity index (χ3n) is 2.76. The third-order valence-corrected chi connectivity index (χ3v) is 2.76. The molecule has 1 N–H and O–H groups in total. The molecule has 1 atom stereocenters. The van der Waals surface area contributed by atoms with E-state index in [1.54, 1.807) is 13.2 Å². The maximum absolute atomic E-state index is 11.9. The van der Waals surface area contributed by atoms with Crippen LogP contribution in [-0.2, 0) is 0 Å². The Morgan fingerprint density at radius 2 is 2.18 bits per heavy atom. The number of hydrogen-bond acceptors (Lipinski definition) is 2. The zero-order valence-corrected chi connectivity index (χ0v) is 11.0. The number of amides is 1. The summed E-state index contributed by atoms with van der Waals surface area (Å²) in [6, 6.07) is 5.69. The number of carbonyl (C=O) groups excluding carboxylic acids is 1. The van der Waals surface area contributed by atoms with Crippen LogP contribution in [0.15, 0.2) is 18.2 Å². The number of hydrogen-bond donors (Lipinski definition) is 1. The lowest BCUT2D eigenvalue weighted by Gasteiger charge is -2.13. The van der Waals surface area contributed by atoms with Gasteiger partial charge in [0.2, 0.25) is 0 Å². The summed E-state index contributed by atoms with van der Waals surface area (Å²) in [7, 11) is 1.63. The third kappa shape index (κ3) is 3.77. The second kappa shape index (κ2) is 6.28. The van der Waals surface area contributed by atoms with Gasteiger partial charge in [-0.25, -0.2) is 0 Å². The molecule has 0 spiro atoms. The number of ether oxygens (including phenoxy) is 1. The lowest BCUT2D eigenvalue weighted by atomic mass is 10.1. The number of benzene rings is 1. The minimum atomic E-state index is -0.0169. The maximum Gasteiger partial charge on any atom is 0.251 e. The van der Waals surface area contributed by atoms with Crippen LogP contribution < -0.4 is 10.1 Å². The standard InChI is InChI=1S/C14H21NO2/c1-5-6-11(3)15-14(16)12-7-8-13(17-4)10(2)9-12/h7-9,11H,5-6H2,1-4H3,(H,15,16). The van der Waals surface area contributed by atoms with Crippen molar-refractivity contribution in [1.29, 1.82) is 0 Å². The molecule has 1 unspecified atom stereocenters. The first kappa shape index (κ1) is 13.6. The number of aryl methyl sites for hydroxylation is 1. The number of methoxy groups -OCH3 is 1. The van der Waals surface area contributed by atoms with Gasteiger partial charge in [0.05, 0.1) is 7.11 Å². The van der Waals surface area contributed by atoms with Gasteiger partial charge in [0.25, 0.3) is 5.91 Å². The molecule has 94 valence electrons. The number of rotatable bonds is 5. The van der Waals surface area contributed by atoms with E-state index in [2.05, 4.69) is 12.2 Å². The molecular weight excluding hydrogens is 214 g/mol. The topological polar surface area (TPSA) is 38.3 Å². The molecule has 0 bridgehead atoms. The van der Waals surface area contributed by atoms with E-state index in [-0.39, 0.29) is 11.9 Å². The van der Waals surface area contributed by atoms with E-state index < -0.39 is 0 Å². The van der Waals surface area contributed by atoms with E-state index in [1.165, 1.54) is 0 Å². The number of carbonyl (C=O) groups is 1. The molecule has 0 aliphatic rings. The Morgan fingerprint density at radius 1 is 1.47 bits per heavy atom. The Labute approximate surface area is 103 Å². The average Bonchev–Trinajstić information content (AvgIpc) is 2.29. The smallest absolute Gasteiger partial charge is 0.251 e. The van der Waals surface area contributed by atoms with E-state index in [0.717, 1.165) is 24.2 Å². The SMILES string of the molecule is CCCC(C)NC(=O)c1ccc(OC)c(C)c1. The van der Waals surface area contributed by atoms with E-state index in [0.29, 0.717) is 5.56 Å². The molecule has 0 fully saturated rings. The molecule has 1 aromatic carbocycles. The monoisotopic (exact) mass is 235 g/mol. The summed E-state index contributed by atoms with van der Waals surface area (Å²) in [5.74, 6) is 0.792. The quantitative estimate of drug-likeness (QED) is 0.852. The van der Waals surface area contributed by atoms with E-state index in [4.69, 9.17) is 4.74 Å². The van der Waals surface area contributed by atoms with Crippen molar-refractivity contribution < 1.29 is 9.53 Å². The van der Waals surface area contributed by atoms with Crippen LogP contribution in [0.4, 0.5) is 0 Å². The van der Waals surface area contributed by atoms with Gasteiger partial charge in [-0.1, -0.05) is 13.3 Å². The predicted molar refractivity (Wildman–Crippen MR) is 69.6 cm³/mol. The van der Waals surface area contributed by atoms with Gasteiger partial charge < -0.3 is 10.1 Å². The molecule has 1 rings (SSSR count). The second-order valence-corrected chi connectivity index (χ2v) is 4.35. The minimum Gasteiger partial charge on any atom is -0.496 e. The fourth-order valence-electron chi connectivity index (χ4n) is 1.83. The van der Waals surface area contributed by atoms with Gasteiger partial charge in [-0.05, 0) is 44.0 Å². The fraction of sp³-hybridized carbons (Fsp3) is 0.500. The Morgan fingerprint density at radius 3 is 2.71 bits per heavy atom. The Hall–Kier alpha value is -1.51. The van der Waals surface area contributed by atoms with Crippen molar-refractivity contribution in [3.05, 3.63) is 29.3 Å². The normalized spacial score (nSPS) is 12.0. The van der Waals surface area contributed by atoms with E-state index in [1.807, 2.05) is 26.0 Å². The lowest BCUT2D eigenvalue weighted by Crippen LogP contribution is -2.32. The van der Waals surface area contributed by atoms with Gasteiger partial charge in [-0.15, -0.1) is 0 Å². The first-order valence-electron chi connectivity index (χ1n) is 6.04. The van der Waals surface area contributed by atoms with Crippen molar-refractivity contribution in [2.45, 2.75) is 39.7 Å². The summed E-state index contributed by atoms with van der Waals surface area (Å²) in [6.45, 7) is 6.07. The van der Waals surface area contributed by atoms with Crippen molar-refractivity contribution >= 4 is 5.91 Å². The van der Waals surface area contributed by atoms with E-state index in [9.17, 15) is 4.79 Å². The first-order chi connectivity index (χ1) is 8.08. The highest BCUT2D eigenvalue weighted by Crippen LogP contribution is 2.18. The molecule has 3 heteroatoms. The maximum atomic E-state index is 11.9. The molecule has 0 aliphatic carbocycles. The van der Waals surface area contributed by atoms with Crippen molar-refractivity contribution in [3.8, 4) is 5.75 Å². The summed E-state index contributed by atoms with van der Waals surface area (Å²) >= 11 is 0. The molecule has 0 radical (unpaired) electrons. The molecule has 1 amide bonds. The molecule has 0 saturated heterocycles.